The third kappa shape index (κ3) is 4.80. The number of carbonyl (C=O) groups excluding carboxylic acids is 2. The van der Waals surface area contributed by atoms with Crippen molar-refractivity contribution in [3.05, 3.63) is 31.8 Å². The predicted octanol–water partition coefficient (Wildman–Crippen LogP) is 5.92. The van der Waals surface area contributed by atoms with Gasteiger partial charge in [0, 0.05) is 26.7 Å². The maximum Gasteiger partial charge on any atom is 0.341 e. The summed E-state index contributed by atoms with van der Waals surface area (Å²) in [5.74, 6) is 0.574. The van der Waals surface area contributed by atoms with Gasteiger partial charge in [-0.25, -0.2) is 4.79 Å². The number of aryl methyl sites for hydroxylation is 2. The third-order valence-corrected chi connectivity index (χ3v) is 9.71. The molecule has 7 nitrogen and oxygen atoms in total. The zero-order chi connectivity index (χ0) is 24.5. The lowest BCUT2D eigenvalue weighted by Crippen LogP contribution is -2.17. The van der Waals surface area contributed by atoms with Gasteiger partial charge < -0.3 is 10.1 Å². The fourth-order valence-corrected chi connectivity index (χ4v) is 8.20. The average Bonchev–Trinajstić information content (AvgIpc) is 3.59. The quantitative estimate of drug-likeness (QED) is 0.287. The Bertz CT molecular complexity index is 1260. The van der Waals surface area contributed by atoms with Crippen LogP contribution in [0.4, 0.5) is 5.00 Å². The SMILES string of the molecule is CCOC(=O)c1c(NC(=O)CSc2nnc(-c3csc4c3CCCC4)n2C(C)C)sc2c1CCC2. The molecule has 1 amide bonds. The molecule has 0 unspecified atom stereocenters. The minimum Gasteiger partial charge on any atom is -0.462 e. The number of rotatable bonds is 8. The first-order chi connectivity index (χ1) is 17.0. The molecule has 0 fully saturated rings. The summed E-state index contributed by atoms with van der Waals surface area (Å²) < 4.78 is 7.41. The summed E-state index contributed by atoms with van der Waals surface area (Å²) in [6, 6.07) is 0.167. The molecule has 2 aliphatic rings. The van der Waals surface area contributed by atoms with E-state index < -0.39 is 0 Å². The fraction of sp³-hybridized carbons (Fsp3) is 0.520. The molecule has 0 saturated carbocycles. The Morgan fingerprint density at radius 1 is 1.11 bits per heavy atom. The van der Waals surface area contributed by atoms with Crippen LogP contribution in [0.25, 0.3) is 11.4 Å². The highest BCUT2D eigenvalue weighted by Gasteiger charge is 2.29. The normalized spacial score (nSPS) is 14.7. The summed E-state index contributed by atoms with van der Waals surface area (Å²) in [5.41, 5.74) is 4.19. The van der Waals surface area contributed by atoms with Crippen molar-refractivity contribution in [3.63, 3.8) is 0 Å². The number of anilines is 1. The van der Waals surface area contributed by atoms with Gasteiger partial charge in [-0.3, -0.25) is 9.36 Å². The van der Waals surface area contributed by atoms with E-state index in [2.05, 4.69) is 39.3 Å². The number of hydrogen-bond acceptors (Lipinski definition) is 8. The zero-order valence-electron chi connectivity index (χ0n) is 20.3. The van der Waals surface area contributed by atoms with Gasteiger partial charge in [-0.15, -0.1) is 32.9 Å². The highest BCUT2D eigenvalue weighted by atomic mass is 32.2. The van der Waals surface area contributed by atoms with Crippen LogP contribution in [0.1, 0.15) is 77.3 Å². The highest BCUT2D eigenvalue weighted by Crippen LogP contribution is 2.40. The van der Waals surface area contributed by atoms with Gasteiger partial charge in [0.2, 0.25) is 5.91 Å². The molecule has 0 spiro atoms. The Kier molecular flexibility index (Phi) is 7.31. The smallest absolute Gasteiger partial charge is 0.341 e. The van der Waals surface area contributed by atoms with E-state index in [1.807, 2.05) is 11.3 Å². The van der Waals surface area contributed by atoms with Crippen molar-refractivity contribution in [2.45, 2.75) is 76.9 Å². The maximum absolute atomic E-state index is 12.9. The molecular weight excluding hydrogens is 501 g/mol. The Balaban J connectivity index is 1.32. The number of thioether (sulfide) groups is 1. The molecule has 0 atom stereocenters. The van der Waals surface area contributed by atoms with Crippen LogP contribution < -0.4 is 5.32 Å². The molecule has 0 aliphatic heterocycles. The molecule has 5 rings (SSSR count). The minimum atomic E-state index is -0.349. The monoisotopic (exact) mass is 530 g/mol. The number of aromatic nitrogens is 3. The average molecular weight is 531 g/mol. The zero-order valence-corrected chi connectivity index (χ0v) is 22.8. The largest absolute Gasteiger partial charge is 0.462 e. The van der Waals surface area contributed by atoms with Crippen LogP contribution in [-0.4, -0.2) is 39.0 Å². The van der Waals surface area contributed by atoms with E-state index >= 15 is 0 Å². The van der Waals surface area contributed by atoms with Gasteiger partial charge in [0.05, 0.1) is 17.9 Å². The van der Waals surface area contributed by atoms with E-state index in [1.165, 1.54) is 56.8 Å². The Labute approximate surface area is 217 Å². The molecule has 0 aromatic carbocycles. The van der Waals surface area contributed by atoms with Crippen molar-refractivity contribution in [3.8, 4) is 11.4 Å². The molecule has 0 bridgehead atoms. The number of amides is 1. The first-order valence-corrected chi connectivity index (χ1v) is 14.9. The van der Waals surface area contributed by atoms with Gasteiger partial charge in [-0.05, 0) is 76.8 Å². The van der Waals surface area contributed by atoms with Crippen LogP contribution in [0.3, 0.4) is 0 Å². The summed E-state index contributed by atoms with van der Waals surface area (Å²) >= 11 is 4.71. The number of thiophene rings is 2. The van der Waals surface area contributed by atoms with E-state index in [4.69, 9.17) is 4.74 Å². The number of ether oxygens (including phenoxy) is 1. The van der Waals surface area contributed by atoms with Crippen molar-refractivity contribution in [1.29, 1.82) is 0 Å². The summed E-state index contributed by atoms with van der Waals surface area (Å²) in [5, 5.41) is 15.5. The van der Waals surface area contributed by atoms with Crippen LogP contribution >= 0.6 is 34.4 Å². The van der Waals surface area contributed by atoms with Crippen LogP contribution in [0.5, 0.6) is 0 Å². The number of nitrogens with one attached hydrogen (secondary N) is 1. The number of esters is 1. The summed E-state index contributed by atoms with van der Waals surface area (Å²) in [7, 11) is 0. The van der Waals surface area contributed by atoms with Crippen molar-refractivity contribution in [1.82, 2.24) is 14.8 Å². The van der Waals surface area contributed by atoms with Crippen LogP contribution in [-0.2, 0) is 35.2 Å². The molecule has 186 valence electrons. The Morgan fingerprint density at radius 2 is 1.89 bits per heavy atom. The molecule has 3 aromatic rings. The number of nitrogens with zero attached hydrogens (tertiary/aromatic N) is 3. The lowest BCUT2D eigenvalue weighted by Gasteiger charge is -2.16. The molecular formula is C25H30N4O3S3. The highest BCUT2D eigenvalue weighted by molar-refractivity contribution is 7.99. The number of fused-ring (bicyclic) bond motifs is 2. The maximum atomic E-state index is 12.9. The fourth-order valence-electron chi connectivity index (χ4n) is 4.91. The van der Waals surface area contributed by atoms with Gasteiger partial charge in [0.1, 0.15) is 5.00 Å². The molecule has 35 heavy (non-hydrogen) atoms. The van der Waals surface area contributed by atoms with Crippen LogP contribution in [0.2, 0.25) is 0 Å². The first kappa shape index (κ1) is 24.5. The lowest BCUT2D eigenvalue weighted by molar-refractivity contribution is -0.113. The second kappa shape index (κ2) is 10.4. The van der Waals surface area contributed by atoms with Crippen molar-refractivity contribution in [2.24, 2.45) is 0 Å². The van der Waals surface area contributed by atoms with E-state index in [9.17, 15) is 9.59 Å². The lowest BCUT2D eigenvalue weighted by atomic mass is 9.95. The Hall–Kier alpha value is -2.17. The van der Waals surface area contributed by atoms with E-state index in [1.54, 1.807) is 6.92 Å². The second-order valence-electron chi connectivity index (χ2n) is 9.15. The molecule has 3 heterocycles. The second-order valence-corrected chi connectivity index (χ2v) is 12.2. The van der Waals surface area contributed by atoms with Gasteiger partial charge in [-0.2, -0.15) is 0 Å². The van der Waals surface area contributed by atoms with Gasteiger partial charge in [0.15, 0.2) is 11.0 Å². The summed E-state index contributed by atoms with van der Waals surface area (Å²) in [6.45, 7) is 6.35. The molecule has 1 N–H and O–H groups in total. The standard InChI is InChI=1S/C25H30N4O3S3/c1-4-32-24(31)21-16-9-7-11-19(16)35-23(21)26-20(30)13-34-25-28-27-22(29(25)14(2)3)17-12-33-18-10-6-5-8-15(17)18/h12,14H,4-11,13H2,1-3H3,(H,26,30). The van der Waals surface area contributed by atoms with E-state index in [0.29, 0.717) is 17.2 Å². The summed E-state index contributed by atoms with van der Waals surface area (Å²) in [4.78, 5) is 28.2. The molecule has 0 radical (unpaired) electrons. The van der Waals surface area contributed by atoms with Crippen molar-refractivity contribution < 1.29 is 14.3 Å². The minimum absolute atomic E-state index is 0.159. The summed E-state index contributed by atoms with van der Waals surface area (Å²) in [6.07, 6.45) is 7.56. The van der Waals surface area contributed by atoms with E-state index in [-0.39, 0.29) is 23.7 Å². The molecule has 3 aromatic heterocycles. The van der Waals surface area contributed by atoms with Crippen LogP contribution in [0, 0.1) is 0 Å². The van der Waals surface area contributed by atoms with Gasteiger partial charge in [-0.1, -0.05) is 11.8 Å². The topological polar surface area (TPSA) is 86.1 Å². The van der Waals surface area contributed by atoms with Crippen LogP contribution in [0.15, 0.2) is 10.5 Å². The third-order valence-electron chi connectivity index (χ3n) is 6.47. The van der Waals surface area contributed by atoms with Gasteiger partial charge in [0.25, 0.3) is 0 Å². The van der Waals surface area contributed by atoms with Gasteiger partial charge >= 0.3 is 5.97 Å². The molecule has 0 saturated heterocycles. The number of carbonyl (C=O) groups is 2. The van der Waals surface area contributed by atoms with Crippen molar-refractivity contribution in [2.75, 3.05) is 17.7 Å². The number of hydrogen-bond donors (Lipinski definition) is 1. The predicted molar refractivity (Wildman–Crippen MR) is 142 cm³/mol. The Morgan fingerprint density at radius 3 is 2.69 bits per heavy atom. The first-order valence-electron chi connectivity index (χ1n) is 12.3. The van der Waals surface area contributed by atoms with E-state index in [0.717, 1.165) is 48.6 Å². The molecule has 2 aliphatic carbocycles. The van der Waals surface area contributed by atoms with Crippen molar-refractivity contribution >= 4 is 51.3 Å². The molecule has 10 heteroatoms.